The summed E-state index contributed by atoms with van der Waals surface area (Å²) < 4.78 is 41.3. The first-order valence-corrected chi connectivity index (χ1v) is 6.71. The Kier molecular flexibility index (Phi) is 4.86. The van der Waals surface area contributed by atoms with Gasteiger partial charge in [0.25, 0.3) is 5.91 Å². The number of aliphatic carboxylic acids is 1. The smallest absolute Gasteiger partial charge is 0.471 e. The van der Waals surface area contributed by atoms with Crippen LogP contribution in [0.3, 0.4) is 0 Å². The lowest BCUT2D eigenvalue weighted by atomic mass is 10.1. The van der Waals surface area contributed by atoms with Crippen molar-refractivity contribution in [2.45, 2.75) is 13.1 Å². The lowest BCUT2D eigenvalue weighted by Gasteiger charge is -2.08. The van der Waals surface area contributed by atoms with E-state index < -0.39 is 29.9 Å². The quantitative estimate of drug-likeness (QED) is 0.862. The largest absolute Gasteiger partial charge is 0.481 e. The van der Waals surface area contributed by atoms with Gasteiger partial charge in [0.05, 0.1) is 5.92 Å². The average molecular weight is 343 g/mol. The molecular weight excluding hydrogens is 331 g/mol. The molecule has 0 radical (unpaired) electrons. The van der Waals surface area contributed by atoms with Crippen LogP contribution in [0.2, 0.25) is 0 Å². The lowest BCUT2D eigenvalue weighted by molar-refractivity contribution is -0.159. The standard InChI is InChI=1S/C14H12F3N3O4/c1-7(12(22)23)6-18-11(21)9-4-2-8(3-5-9)10-19-13(24-20-10)14(15,16)17/h2-5,7H,6H2,1H3,(H,18,21)(H,22,23). The number of halogens is 3. The molecule has 0 saturated carbocycles. The highest BCUT2D eigenvalue weighted by molar-refractivity contribution is 5.94. The summed E-state index contributed by atoms with van der Waals surface area (Å²) in [7, 11) is 0. The van der Waals surface area contributed by atoms with Gasteiger partial charge in [0, 0.05) is 17.7 Å². The molecule has 2 rings (SSSR count). The van der Waals surface area contributed by atoms with E-state index in [1.54, 1.807) is 0 Å². The number of carboxylic acids is 1. The van der Waals surface area contributed by atoms with E-state index in [1.807, 2.05) is 0 Å². The second-order valence-corrected chi connectivity index (χ2v) is 4.95. The van der Waals surface area contributed by atoms with E-state index in [9.17, 15) is 22.8 Å². The van der Waals surface area contributed by atoms with Gasteiger partial charge in [-0.3, -0.25) is 9.59 Å². The third-order valence-corrected chi connectivity index (χ3v) is 3.06. The normalized spacial score (nSPS) is 12.7. The SMILES string of the molecule is CC(CNC(=O)c1ccc(-c2noc(C(F)(F)F)n2)cc1)C(=O)O. The molecule has 128 valence electrons. The molecule has 0 fully saturated rings. The minimum Gasteiger partial charge on any atom is -0.481 e. The van der Waals surface area contributed by atoms with Crippen molar-refractivity contribution in [1.29, 1.82) is 0 Å². The highest BCUT2D eigenvalue weighted by Gasteiger charge is 2.38. The monoisotopic (exact) mass is 343 g/mol. The second kappa shape index (κ2) is 6.69. The zero-order chi connectivity index (χ0) is 17.9. The van der Waals surface area contributed by atoms with Crippen LogP contribution in [0.5, 0.6) is 0 Å². The van der Waals surface area contributed by atoms with Gasteiger partial charge in [-0.2, -0.15) is 18.2 Å². The van der Waals surface area contributed by atoms with Crippen LogP contribution in [0, 0.1) is 5.92 Å². The van der Waals surface area contributed by atoms with Gasteiger partial charge in [-0.1, -0.05) is 24.2 Å². The molecule has 0 saturated heterocycles. The van der Waals surface area contributed by atoms with E-state index in [0.717, 1.165) is 0 Å². The van der Waals surface area contributed by atoms with Crippen LogP contribution in [-0.2, 0) is 11.0 Å². The molecular formula is C14H12F3N3O4. The first kappa shape index (κ1) is 17.4. The molecule has 0 aliphatic heterocycles. The van der Waals surface area contributed by atoms with E-state index >= 15 is 0 Å². The Hall–Kier alpha value is -2.91. The average Bonchev–Trinajstić information content (AvgIpc) is 3.02. The molecule has 10 heteroatoms. The third-order valence-electron chi connectivity index (χ3n) is 3.06. The van der Waals surface area contributed by atoms with Crippen molar-refractivity contribution in [3.63, 3.8) is 0 Å². The Morgan fingerprint density at radius 1 is 1.29 bits per heavy atom. The van der Waals surface area contributed by atoms with Crippen LogP contribution < -0.4 is 5.32 Å². The topological polar surface area (TPSA) is 105 Å². The minimum atomic E-state index is -4.73. The van der Waals surface area contributed by atoms with Gasteiger partial charge in [0.15, 0.2) is 0 Å². The molecule has 1 aromatic heterocycles. The summed E-state index contributed by atoms with van der Waals surface area (Å²) in [5, 5.41) is 14.4. The van der Waals surface area contributed by atoms with Crippen LogP contribution in [0.15, 0.2) is 28.8 Å². The molecule has 0 bridgehead atoms. The van der Waals surface area contributed by atoms with E-state index in [1.165, 1.54) is 31.2 Å². The Morgan fingerprint density at radius 3 is 2.42 bits per heavy atom. The minimum absolute atomic E-state index is 0.0459. The predicted octanol–water partition coefficient (Wildman–Crippen LogP) is 2.21. The Balaban J connectivity index is 2.06. The number of benzene rings is 1. The van der Waals surface area contributed by atoms with Crippen LogP contribution >= 0.6 is 0 Å². The zero-order valence-corrected chi connectivity index (χ0v) is 12.3. The first-order valence-electron chi connectivity index (χ1n) is 6.71. The summed E-state index contributed by atoms with van der Waals surface area (Å²) in [5.74, 6) is -3.99. The number of amides is 1. The third kappa shape index (κ3) is 4.09. The number of carbonyl (C=O) groups is 2. The molecule has 2 aromatic rings. The Bertz CT molecular complexity index is 740. The van der Waals surface area contributed by atoms with Gasteiger partial charge in [-0.05, 0) is 12.1 Å². The van der Waals surface area contributed by atoms with Crippen molar-refractivity contribution < 1.29 is 32.4 Å². The molecule has 24 heavy (non-hydrogen) atoms. The van der Waals surface area contributed by atoms with Crippen molar-refractivity contribution in [2.24, 2.45) is 5.92 Å². The highest BCUT2D eigenvalue weighted by Crippen LogP contribution is 2.29. The van der Waals surface area contributed by atoms with E-state index in [2.05, 4.69) is 20.0 Å². The number of alkyl halides is 3. The van der Waals surface area contributed by atoms with Gasteiger partial charge in [0.2, 0.25) is 5.82 Å². The van der Waals surface area contributed by atoms with Gasteiger partial charge in [-0.25, -0.2) is 0 Å². The number of carboxylic acid groups (broad SMARTS) is 1. The number of nitrogens with zero attached hydrogens (tertiary/aromatic N) is 2. The molecule has 1 heterocycles. The van der Waals surface area contributed by atoms with Crippen molar-refractivity contribution in [2.75, 3.05) is 6.54 Å². The Morgan fingerprint density at radius 2 is 1.92 bits per heavy atom. The predicted molar refractivity (Wildman–Crippen MR) is 73.9 cm³/mol. The summed E-state index contributed by atoms with van der Waals surface area (Å²) in [6.45, 7) is 1.40. The summed E-state index contributed by atoms with van der Waals surface area (Å²) in [5.41, 5.74) is 0.459. The van der Waals surface area contributed by atoms with E-state index in [0.29, 0.717) is 0 Å². The molecule has 0 aliphatic carbocycles. The molecule has 2 N–H and O–H groups in total. The number of hydrogen-bond donors (Lipinski definition) is 2. The van der Waals surface area contributed by atoms with Crippen molar-refractivity contribution in [3.8, 4) is 11.4 Å². The zero-order valence-electron chi connectivity index (χ0n) is 12.3. The van der Waals surface area contributed by atoms with Crippen molar-refractivity contribution in [3.05, 3.63) is 35.7 Å². The number of carbonyl (C=O) groups excluding carboxylic acids is 1. The fourth-order valence-corrected chi connectivity index (χ4v) is 1.66. The number of nitrogens with one attached hydrogen (secondary N) is 1. The summed E-state index contributed by atoms with van der Waals surface area (Å²) in [4.78, 5) is 25.8. The molecule has 0 spiro atoms. The van der Waals surface area contributed by atoms with Crippen molar-refractivity contribution in [1.82, 2.24) is 15.5 Å². The molecule has 1 amide bonds. The molecule has 1 unspecified atom stereocenters. The fraction of sp³-hybridized carbons (Fsp3) is 0.286. The lowest BCUT2D eigenvalue weighted by Crippen LogP contribution is -2.31. The fourth-order valence-electron chi connectivity index (χ4n) is 1.66. The molecule has 0 aliphatic rings. The molecule has 1 atom stereocenters. The van der Waals surface area contributed by atoms with E-state index in [4.69, 9.17) is 5.11 Å². The van der Waals surface area contributed by atoms with Crippen LogP contribution in [0.1, 0.15) is 23.2 Å². The van der Waals surface area contributed by atoms with Gasteiger partial charge in [-0.15, -0.1) is 0 Å². The maximum atomic E-state index is 12.4. The maximum absolute atomic E-state index is 12.4. The van der Waals surface area contributed by atoms with Crippen LogP contribution in [-0.4, -0.2) is 33.7 Å². The van der Waals surface area contributed by atoms with Gasteiger partial charge < -0.3 is 14.9 Å². The number of rotatable bonds is 5. The summed E-state index contributed by atoms with van der Waals surface area (Å²) in [6.07, 6.45) is -4.73. The number of aromatic nitrogens is 2. The Labute approximate surface area is 133 Å². The molecule has 1 aromatic carbocycles. The first-order chi connectivity index (χ1) is 11.2. The summed E-state index contributed by atoms with van der Waals surface area (Å²) in [6, 6.07) is 5.44. The number of hydrogen-bond acceptors (Lipinski definition) is 5. The highest BCUT2D eigenvalue weighted by atomic mass is 19.4. The van der Waals surface area contributed by atoms with Crippen LogP contribution in [0.4, 0.5) is 13.2 Å². The summed E-state index contributed by atoms with van der Waals surface area (Å²) >= 11 is 0. The van der Waals surface area contributed by atoms with Gasteiger partial charge >= 0.3 is 18.0 Å². The molecule has 7 nitrogen and oxygen atoms in total. The maximum Gasteiger partial charge on any atom is 0.471 e. The van der Waals surface area contributed by atoms with Crippen LogP contribution in [0.25, 0.3) is 11.4 Å². The second-order valence-electron chi connectivity index (χ2n) is 4.95. The van der Waals surface area contributed by atoms with E-state index in [-0.39, 0.29) is 23.5 Å². The van der Waals surface area contributed by atoms with Crippen molar-refractivity contribution >= 4 is 11.9 Å². The van der Waals surface area contributed by atoms with Gasteiger partial charge in [0.1, 0.15) is 0 Å².